The molecule has 1 N–H and O–H groups in total. The average molecular weight is 456 g/mol. The summed E-state index contributed by atoms with van der Waals surface area (Å²) in [5.74, 6) is -0.0407. The quantitative estimate of drug-likeness (QED) is 0.134. The molecule has 0 aliphatic heterocycles. The highest BCUT2D eigenvalue weighted by molar-refractivity contribution is 6.42. The van der Waals surface area contributed by atoms with E-state index in [2.05, 4.69) is 17.5 Å². The molecule has 0 unspecified atom stereocenters. The van der Waals surface area contributed by atoms with E-state index in [-0.39, 0.29) is 5.91 Å². The highest BCUT2D eigenvalue weighted by Gasteiger charge is 2.01. The maximum Gasteiger partial charge on any atom is 0.240 e. The molecule has 0 aliphatic carbocycles. The summed E-state index contributed by atoms with van der Waals surface area (Å²) in [4.78, 5) is 11.8. The lowest BCUT2D eigenvalue weighted by atomic mass is 10.0. The fourth-order valence-electron chi connectivity index (χ4n) is 3.48. The van der Waals surface area contributed by atoms with Crippen LogP contribution in [0.15, 0.2) is 23.3 Å². The molecular weight excluding hydrogens is 415 g/mol. The van der Waals surface area contributed by atoms with Gasteiger partial charge in [0, 0.05) is 6.42 Å². The molecule has 1 aromatic rings. The lowest BCUT2D eigenvalue weighted by molar-refractivity contribution is -0.121. The maximum atomic E-state index is 11.8. The first-order chi connectivity index (χ1) is 14.6. The van der Waals surface area contributed by atoms with Gasteiger partial charge in [-0.15, -0.1) is 0 Å². The predicted octanol–water partition coefficient (Wildman–Crippen LogP) is 8.71. The Bertz CT molecular complexity index is 605. The number of nitrogens with one attached hydrogen (secondary N) is 1. The van der Waals surface area contributed by atoms with E-state index in [4.69, 9.17) is 23.2 Å². The summed E-state index contributed by atoms with van der Waals surface area (Å²) >= 11 is 11.8. The summed E-state index contributed by atoms with van der Waals surface area (Å²) in [5.41, 5.74) is 3.37. The number of hydrazone groups is 1. The number of rotatable bonds is 18. The summed E-state index contributed by atoms with van der Waals surface area (Å²) in [7, 11) is 0. The minimum Gasteiger partial charge on any atom is -0.273 e. The highest BCUT2D eigenvalue weighted by atomic mass is 35.5. The molecule has 5 heteroatoms. The fourth-order valence-corrected chi connectivity index (χ4v) is 3.79. The first-order valence-electron chi connectivity index (χ1n) is 11.9. The Kier molecular flexibility index (Phi) is 16.8. The van der Waals surface area contributed by atoms with Gasteiger partial charge in [-0.2, -0.15) is 5.10 Å². The van der Waals surface area contributed by atoms with E-state index in [1.807, 2.05) is 0 Å². The molecule has 0 saturated carbocycles. The van der Waals surface area contributed by atoms with Gasteiger partial charge in [0.05, 0.1) is 16.3 Å². The Morgan fingerprint density at radius 3 is 1.80 bits per heavy atom. The molecule has 0 bridgehead atoms. The minimum atomic E-state index is -0.0407. The largest absolute Gasteiger partial charge is 0.273 e. The van der Waals surface area contributed by atoms with Gasteiger partial charge in [0.2, 0.25) is 5.91 Å². The Labute approximate surface area is 194 Å². The summed E-state index contributed by atoms with van der Waals surface area (Å²) in [6.45, 7) is 2.27. The first-order valence-corrected chi connectivity index (χ1v) is 12.7. The molecule has 0 saturated heterocycles. The normalized spacial score (nSPS) is 11.3. The van der Waals surface area contributed by atoms with Gasteiger partial charge in [0.15, 0.2) is 0 Å². The van der Waals surface area contributed by atoms with Crippen LogP contribution < -0.4 is 5.43 Å². The minimum absolute atomic E-state index is 0.0407. The first kappa shape index (κ1) is 27.0. The molecule has 3 nitrogen and oxygen atoms in total. The van der Waals surface area contributed by atoms with Crippen molar-refractivity contribution in [2.24, 2.45) is 5.10 Å². The molecule has 0 aromatic heterocycles. The van der Waals surface area contributed by atoms with Gasteiger partial charge in [-0.3, -0.25) is 4.79 Å². The van der Waals surface area contributed by atoms with Crippen LogP contribution >= 0.6 is 23.2 Å². The van der Waals surface area contributed by atoms with Crippen molar-refractivity contribution in [2.75, 3.05) is 0 Å². The lowest BCUT2D eigenvalue weighted by Crippen LogP contribution is -2.16. The zero-order chi connectivity index (χ0) is 21.9. The number of hydrogen-bond acceptors (Lipinski definition) is 2. The zero-order valence-corrected chi connectivity index (χ0v) is 20.2. The molecule has 1 rings (SSSR count). The molecule has 1 amide bonds. The third-order valence-corrected chi connectivity index (χ3v) is 6.09. The van der Waals surface area contributed by atoms with Crippen LogP contribution in [0.1, 0.15) is 115 Å². The fraction of sp³-hybridized carbons (Fsp3) is 0.680. The van der Waals surface area contributed by atoms with Crippen molar-refractivity contribution in [3.8, 4) is 0 Å². The van der Waals surface area contributed by atoms with Crippen LogP contribution in [0.2, 0.25) is 10.0 Å². The second kappa shape index (κ2) is 18.7. The number of unbranched alkanes of at least 4 members (excludes halogenated alkanes) is 14. The van der Waals surface area contributed by atoms with Crippen LogP contribution in [0.5, 0.6) is 0 Å². The number of nitrogens with zero attached hydrogens (tertiary/aromatic N) is 1. The topological polar surface area (TPSA) is 41.5 Å². The SMILES string of the molecule is CCCCCCCCCCCCCCCCCC(=O)NN=Cc1ccc(Cl)c(Cl)c1. The highest BCUT2D eigenvalue weighted by Crippen LogP contribution is 2.21. The van der Waals surface area contributed by atoms with Gasteiger partial charge < -0.3 is 0 Å². The zero-order valence-electron chi connectivity index (χ0n) is 18.7. The molecule has 30 heavy (non-hydrogen) atoms. The van der Waals surface area contributed by atoms with Crippen LogP contribution in [-0.2, 0) is 4.79 Å². The van der Waals surface area contributed by atoms with E-state index >= 15 is 0 Å². The van der Waals surface area contributed by atoms with E-state index in [1.54, 1.807) is 24.4 Å². The average Bonchev–Trinajstić information content (AvgIpc) is 2.73. The van der Waals surface area contributed by atoms with Crippen LogP contribution in [0.4, 0.5) is 0 Å². The Morgan fingerprint density at radius 2 is 1.30 bits per heavy atom. The molecule has 0 radical (unpaired) electrons. The van der Waals surface area contributed by atoms with Crippen LogP contribution in [0, 0.1) is 0 Å². The molecule has 0 spiro atoms. The van der Waals surface area contributed by atoms with Crippen molar-refractivity contribution in [1.29, 1.82) is 0 Å². The molecular formula is C25H40Cl2N2O. The second-order valence-corrected chi connectivity index (χ2v) is 8.98. The molecule has 0 fully saturated rings. The summed E-state index contributed by atoms with van der Waals surface area (Å²) in [6, 6.07) is 5.23. The lowest BCUT2D eigenvalue weighted by Gasteiger charge is -2.03. The van der Waals surface area contributed by atoms with Crippen molar-refractivity contribution in [3.05, 3.63) is 33.8 Å². The second-order valence-electron chi connectivity index (χ2n) is 8.17. The van der Waals surface area contributed by atoms with E-state index < -0.39 is 0 Å². The van der Waals surface area contributed by atoms with Crippen molar-refractivity contribution in [2.45, 2.75) is 110 Å². The molecule has 170 valence electrons. The Morgan fingerprint density at radius 1 is 0.800 bits per heavy atom. The number of benzene rings is 1. The van der Waals surface area contributed by atoms with Crippen LogP contribution in [-0.4, -0.2) is 12.1 Å². The van der Waals surface area contributed by atoms with Crippen LogP contribution in [0.3, 0.4) is 0 Å². The molecule has 0 heterocycles. The van der Waals surface area contributed by atoms with Crippen molar-refractivity contribution >= 4 is 35.3 Å². The van der Waals surface area contributed by atoms with E-state index in [0.29, 0.717) is 16.5 Å². The van der Waals surface area contributed by atoms with Gasteiger partial charge in [-0.25, -0.2) is 5.43 Å². The number of amides is 1. The van der Waals surface area contributed by atoms with Gasteiger partial charge in [0.25, 0.3) is 0 Å². The van der Waals surface area contributed by atoms with E-state index in [0.717, 1.165) is 18.4 Å². The van der Waals surface area contributed by atoms with Gasteiger partial charge >= 0.3 is 0 Å². The number of carbonyl (C=O) groups is 1. The predicted molar refractivity (Wildman–Crippen MR) is 132 cm³/mol. The third kappa shape index (κ3) is 14.8. The monoisotopic (exact) mass is 454 g/mol. The third-order valence-electron chi connectivity index (χ3n) is 5.35. The molecule has 0 atom stereocenters. The van der Waals surface area contributed by atoms with Crippen LogP contribution in [0.25, 0.3) is 0 Å². The smallest absolute Gasteiger partial charge is 0.240 e. The number of hydrogen-bond donors (Lipinski definition) is 1. The molecule has 1 aromatic carbocycles. The summed E-state index contributed by atoms with van der Waals surface area (Å²) in [6.07, 6.45) is 22.0. The Hall–Kier alpha value is -1.06. The maximum absolute atomic E-state index is 11.8. The number of halogens is 2. The number of carbonyl (C=O) groups excluding carboxylic acids is 1. The van der Waals surface area contributed by atoms with Gasteiger partial charge in [-0.05, 0) is 24.1 Å². The van der Waals surface area contributed by atoms with E-state index in [1.165, 1.54) is 83.5 Å². The van der Waals surface area contributed by atoms with E-state index in [9.17, 15) is 4.79 Å². The van der Waals surface area contributed by atoms with Gasteiger partial charge in [0.1, 0.15) is 0 Å². The Balaban J connectivity index is 1.88. The molecule has 0 aliphatic rings. The van der Waals surface area contributed by atoms with Crippen molar-refractivity contribution in [3.63, 3.8) is 0 Å². The standard InChI is InChI=1S/C25H40Cl2N2O/c1-2-3-4-5-6-7-8-9-10-11-12-13-14-15-16-17-25(30)29-28-21-22-18-19-23(26)24(27)20-22/h18-21H,2-17H2,1H3,(H,29,30). The summed E-state index contributed by atoms with van der Waals surface area (Å²) in [5, 5.41) is 4.96. The van der Waals surface area contributed by atoms with Crippen molar-refractivity contribution in [1.82, 2.24) is 5.43 Å². The van der Waals surface area contributed by atoms with Crippen molar-refractivity contribution < 1.29 is 4.79 Å². The van der Waals surface area contributed by atoms with Gasteiger partial charge in [-0.1, -0.05) is 126 Å². The summed E-state index contributed by atoms with van der Waals surface area (Å²) < 4.78 is 0.